The van der Waals surface area contributed by atoms with Gasteiger partial charge in [0.15, 0.2) is 5.69 Å². The van der Waals surface area contributed by atoms with Crippen LogP contribution in [0.5, 0.6) is 0 Å². The molecule has 0 atom stereocenters. The molecule has 2 N–H and O–H groups in total. The van der Waals surface area contributed by atoms with Crippen LogP contribution >= 0.6 is 0 Å². The molecule has 0 saturated heterocycles. The zero-order valence-electron chi connectivity index (χ0n) is 6.42. The lowest BCUT2D eigenvalue weighted by Gasteiger charge is -1.99. The highest BCUT2D eigenvalue weighted by molar-refractivity contribution is 5.39. The lowest BCUT2D eigenvalue weighted by Crippen LogP contribution is -2.02. The Hall–Kier alpha value is -1.63. The van der Waals surface area contributed by atoms with Crippen molar-refractivity contribution in [3.05, 3.63) is 17.1 Å². The number of nitrogens with zero attached hydrogens (tertiary/aromatic N) is 3. The van der Waals surface area contributed by atoms with Crippen LogP contribution in [0.25, 0.3) is 0 Å². The van der Waals surface area contributed by atoms with Crippen LogP contribution < -0.4 is 5.73 Å². The first-order valence-electron chi connectivity index (χ1n) is 3.16. The van der Waals surface area contributed by atoms with Gasteiger partial charge in [-0.1, -0.05) is 0 Å². The number of nitriles is 1. The highest BCUT2D eigenvalue weighted by atomic mass is 14.9. The summed E-state index contributed by atoms with van der Waals surface area (Å²) in [7, 11) is 0. The van der Waals surface area contributed by atoms with Gasteiger partial charge in [0.05, 0.1) is 11.4 Å². The van der Waals surface area contributed by atoms with Crippen LogP contribution in [0.4, 0.5) is 5.82 Å². The van der Waals surface area contributed by atoms with E-state index in [1.165, 1.54) is 0 Å². The van der Waals surface area contributed by atoms with Crippen LogP contribution in [0.3, 0.4) is 0 Å². The van der Waals surface area contributed by atoms with E-state index in [-0.39, 0.29) is 0 Å². The Balaban J connectivity index is 3.35. The lowest BCUT2D eigenvalue weighted by atomic mass is 10.3. The molecule has 4 heteroatoms. The van der Waals surface area contributed by atoms with E-state index in [1.54, 1.807) is 13.8 Å². The highest BCUT2D eigenvalue weighted by Gasteiger charge is 2.03. The number of hydrogen-bond acceptors (Lipinski definition) is 4. The minimum Gasteiger partial charge on any atom is -0.382 e. The molecule has 0 spiro atoms. The van der Waals surface area contributed by atoms with Gasteiger partial charge >= 0.3 is 0 Å². The van der Waals surface area contributed by atoms with Gasteiger partial charge in [0.1, 0.15) is 11.9 Å². The summed E-state index contributed by atoms with van der Waals surface area (Å²) >= 11 is 0. The van der Waals surface area contributed by atoms with E-state index in [0.717, 1.165) is 0 Å². The molecule has 0 saturated carbocycles. The summed E-state index contributed by atoms with van der Waals surface area (Å²) in [5.41, 5.74) is 7.03. The monoisotopic (exact) mass is 148 g/mol. The van der Waals surface area contributed by atoms with E-state index >= 15 is 0 Å². The zero-order chi connectivity index (χ0) is 8.43. The summed E-state index contributed by atoms with van der Waals surface area (Å²) < 4.78 is 0. The third kappa shape index (κ3) is 1.27. The molecule has 4 nitrogen and oxygen atoms in total. The van der Waals surface area contributed by atoms with Crippen LogP contribution in [-0.2, 0) is 0 Å². The molecule has 0 bridgehead atoms. The maximum absolute atomic E-state index is 8.53. The summed E-state index contributed by atoms with van der Waals surface area (Å²) in [5, 5.41) is 8.53. The third-order valence-electron chi connectivity index (χ3n) is 1.39. The molecule has 1 heterocycles. The molecule has 0 aliphatic rings. The number of rotatable bonds is 0. The van der Waals surface area contributed by atoms with Crippen molar-refractivity contribution < 1.29 is 0 Å². The maximum atomic E-state index is 8.53. The van der Waals surface area contributed by atoms with Crippen molar-refractivity contribution in [2.24, 2.45) is 0 Å². The first-order valence-corrected chi connectivity index (χ1v) is 3.16. The van der Waals surface area contributed by atoms with Crippen LogP contribution in [0.2, 0.25) is 0 Å². The quantitative estimate of drug-likeness (QED) is 0.582. The Bertz CT molecular complexity index is 324. The number of hydrogen-bond donors (Lipinski definition) is 1. The number of nitrogens with two attached hydrogens (primary N) is 1. The molecule has 0 radical (unpaired) electrons. The van der Waals surface area contributed by atoms with E-state index < -0.39 is 0 Å². The van der Waals surface area contributed by atoms with Crippen molar-refractivity contribution in [2.75, 3.05) is 5.73 Å². The standard InChI is InChI=1S/C7H8N4/c1-4-6(3-8)11-7(9)5(2)10-4/h1-2H3,(H2,9,11). The average Bonchev–Trinajstić information content (AvgIpc) is 1.97. The first kappa shape index (κ1) is 7.48. The van der Waals surface area contributed by atoms with E-state index in [1.807, 2.05) is 6.07 Å². The van der Waals surface area contributed by atoms with Gasteiger partial charge in [0, 0.05) is 0 Å². The molecular formula is C7H8N4. The Morgan fingerprint density at radius 2 is 1.91 bits per heavy atom. The number of aryl methyl sites for hydroxylation is 2. The van der Waals surface area contributed by atoms with Crippen LogP contribution in [0.1, 0.15) is 17.1 Å². The number of anilines is 1. The van der Waals surface area contributed by atoms with Gasteiger partial charge < -0.3 is 5.73 Å². The molecule has 1 rings (SSSR count). The Kier molecular flexibility index (Phi) is 1.73. The van der Waals surface area contributed by atoms with Crippen LogP contribution in [-0.4, -0.2) is 9.97 Å². The van der Waals surface area contributed by atoms with Crippen molar-refractivity contribution in [1.82, 2.24) is 9.97 Å². The van der Waals surface area contributed by atoms with Gasteiger partial charge in [0.25, 0.3) is 0 Å². The SMILES string of the molecule is Cc1nc(C)c(C#N)nc1N. The van der Waals surface area contributed by atoms with Crippen molar-refractivity contribution in [2.45, 2.75) is 13.8 Å². The molecular weight excluding hydrogens is 140 g/mol. The predicted molar refractivity (Wildman–Crippen MR) is 40.6 cm³/mol. The molecule has 0 aromatic carbocycles. The predicted octanol–water partition coefficient (Wildman–Crippen LogP) is 0.547. The van der Waals surface area contributed by atoms with Crippen molar-refractivity contribution >= 4 is 5.82 Å². The molecule has 0 aliphatic carbocycles. The largest absolute Gasteiger partial charge is 0.382 e. The smallest absolute Gasteiger partial charge is 0.164 e. The molecule has 0 fully saturated rings. The summed E-state index contributed by atoms with van der Waals surface area (Å²) in [6, 6.07) is 1.91. The second-order valence-electron chi connectivity index (χ2n) is 2.24. The fourth-order valence-corrected chi connectivity index (χ4v) is 0.750. The lowest BCUT2D eigenvalue weighted by molar-refractivity contribution is 1.04. The Morgan fingerprint density at radius 3 is 2.45 bits per heavy atom. The topological polar surface area (TPSA) is 75.6 Å². The summed E-state index contributed by atoms with van der Waals surface area (Å²) in [5.74, 6) is 0.326. The van der Waals surface area contributed by atoms with E-state index in [9.17, 15) is 0 Å². The zero-order valence-corrected chi connectivity index (χ0v) is 6.42. The van der Waals surface area contributed by atoms with Crippen LogP contribution in [0.15, 0.2) is 0 Å². The number of nitrogen functional groups attached to an aromatic ring is 1. The van der Waals surface area contributed by atoms with E-state index in [0.29, 0.717) is 22.9 Å². The number of aromatic nitrogens is 2. The van der Waals surface area contributed by atoms with Gasteiger partial charge in [-0.2, -0.15) is 5.26 Å². The van der Waals surface area contributed by atoms with Crippen molar-refractivity contribution in [3.8, 4) is 6.07 Å². The van der Waals surface area contributed by atoms with E-state index in [2.05, 4.69) is 9.97 Å². The molecule has 1 aromatic rings. The molecule has 0 aliphatic heterocycles. The third-order valence-corrected chi connectivity index (χ3v) is 1.39. The minimum absolute atomic E-state index is 0.299. The van der Waals surface area contributed by atoms with Gasteiger partial charge in [-0.3, -0.25) is 4.98 Å². The van der Waals surface area contributed by atoms with E-state index in [4.69, 9.17) is 11.0 Å². The van der Waals surface area contributed by atoms with Gasteiger partial charge in [0.2, 0.25) is 0 Å². The Morgan fingerprint density at radius 1 is 1.27 bits per heavy atom. The van der Waals surface area contributed by atoms with Crippen LogP contribution in [0, 0.1) is 25.2 Å². The average molecular weight is 148 g/mol. The van der Waals surface area contributed by atoms with Gasteiger partial charge in [-0.25, -0.2) is 4.98 Å². The first-order chi connectivity index (χ1) is 5.15. The summed E-state index contributed by atoms with van der Waals surface area (Å²) in [4.78, 5) is 7.88. The second-order valence-corrected chi connectivity index (χ2v) is 2.24. The normalized spacial score (nSPS) is 9.18. The minimum atomic E-state index is 0.299. The van der Waals surface area contributed by atoms with Crippen molar-refractivity contribution in [1.29, 1.82) is 5.26 Å². The molecule has 11 heavy (non-hydrogen) atoms. The summed E-state index contributed by atoms with van der Waals surface area (Å²) in [6.07, 6.45) is 0. The summed E-state index contributed by atoms with van der Waals surface area (Å²) in [6.45, 7) is 3.49. The molecule has 56 valence electrons. The highest BCUT2D eigenvalue weighted by Crippen LogP contribution is 2.07. The molecule has 1 aromatic heterocycles. The van der Waals surface area contributed by atoms with Gasteiger partial charge in [-0.05, 0) is 13.8 Å². The fourth-order valence-electron chi connectivity index (χ4n) is 0.750. The fraction of sp³-hybridized carbons (Fsp3) is 0.286. The molecule has 0 unspecified atom stereocenters. The van der Waals surface area contributed by atoms with Gasteiger partial charge in [-0.15, -0.1) is 0 Å². The molecule has 0 amide bonds. The maximum Gasteiger partial charge on any atom is 0.164 e. The van der Waals surface area contributed by atoms with Crippen molar-refractivity contribution in [3.63, 3.8) is 0 Å². The Labute approximate surface area is 64.7 Å². The second kappa shape index (κ2) is 2.54.